The lowest BCUT2D eigenvalue weighted by Crippen LogP contribution is -2.31. The maximum absolute atomic E-state index is 13.2. The molecule has 1 aromatic carbocycles. The van der Waals surface area contributed by atoms with Crippen LogP contribution in [0.2, 0.25) is 0 Å². The molecule has 0 aromatic heterocycles. The van der Waals surface area contributed by atoms with Crippen LogP contribution in [0.25, 0.3) is 0 Å². The van der Waals surface area contributed by atoms with Gasteiger partial charge < -0.3 is 11.5 Å². The smallest absolute Gasteiger partial charge is 0.151 e. The molecule has 1 aliphatic carbocycles. The van der Waals surface area contributed by atoms with Crippen molar-refractivity contribution < 1.29 is 12.8 Å². The number of hydrogen-bond acceptors (Lipinski definition) is 4. The van der Waals surface area contributed by atoms with Gasteiger partial charge >= 0.3 is 0 Å². The highest BCUT2D eigenvalue weighted by atomic mass is 32.2. The number of benzene rings is 1. The Morgan fingerprint density at radius 3 is 2.33 bits per heavy atom. The largest absolute Gasteiger partial charge is 0.330 e. The topological polar surface area (TPSA) is 86.2 Å². The molecular weight excluding hydrogens is 255 g/mol. The first-order valence-electron chi connectivity index (χ1n) is 5.71. The van der Waals surface area contributed by atoms with E-state index in [9.17, 15) is 12.8 Å². The fourth-order valence-corrected chi connectivity index (χ4v) is 4.94. The van der Waals surface area contributed by atoms with E-state index in [1.165, 1.54) is 18.4 Å². The van der Waals surface area contributed by atoms with E-state index in [2.05, 4.69) is 0 Å². The molecule has 0 spiro atoms. The molecule has 0 unspecified atom stereocenters. The molecule has 1 fully saturated rings. The Bertz CT molecular complexity index is 555. The molecule has 4 nitrogen and oxygen atoms in total. The zero-order valence-corrected chi connectivity index (χ0v) is 11.0. The van der Waals surface area contributed by atoms with Crippen LogP contribution in [-0.2, 0) is 9.84 Å². The molecule has 18 heavy (non-hydrogen) atoms. The molecular formula is C12H17FN2O2S. The normalized spacial score (nSPS) is 26.0. The summed E-state index contributed by atoms with van der Waals surface area (Å²) in [4.78, 5) is 0. The van der Waals surface area contributed by atoms with Crippen molar-refractivity contribution in [2.75, 3.05) is 19.3 Å². The third-order valence-electron chi connectivity index (χ3n) is 3.81. The van der Waals surface area contributed by atoms with Crippen LogP contribution in [0.5, 0.6) is 0 Å². The minimum absolute atomic E-state index is 0.183. The van der Waals surface area contributed by atoms with Crippen molar-refractivity contribution in [3.05, 3.63) is 35.6 Å². The molecule has 2 atom stereocenters. The molecule has 0 aliphatic heterocycles. The zero-order valence-electron chi connectivity index (χ0n) is 10.1. The van der Waals surface area contributed by atoms with Crippen LogP contribution < -0.4 is 11.5 Å². The van der Waals surface area contributed by atoms with Crippen LogP contribution in [0.4, 0.5) is 4.39 Å². The monoisotopic (exact) mass is 272 g/mol. The highest BCUT2D eigenvalue weighted by Gasteiger charge is 2.68. The SMILES string of the molecule is CS(=O)(=O)[C@H]1[C@H](c2cccc(F)c2)C1(CN)CN. The second-order valence-electron chi connectivity index (χ2n) is 4.92. The predicted molar refractivity (Wildman–Crippen MR) is 68.3 cm³/mol. The average molecular weight is 272 g/mol. The second kappa shape index (κ2) is 4.29. The quantitative estimate of drug-likeness (QED) is 0.822. The fourth-order valence-electron chi connectivity index (χ4n) is 2.90. The summed E-state index contributed by atoms with van der Waals surface area (Å²) in [6.45, 7) is 0.366. The minimum atomic E-state index is -3.25. The molecule has 2 rings (SSSR count). The summed E-state index contributed by atoms with van der Waals surface area (Å²) in [7, 11) is -3.25. The summed E-state index contributed by atoms with van der Waals surface area (Å²) in [5.41, 5.74) is 11.4. The van der Waals surface area contributed by atoms with Gasteiger partial charge in [0.05, 0.1) is 5.25 Å². The minimum Gasteiger partial charge on any atom is -0.330 e. The van der Waals surface area contributed by atoms with Gasteiger partial charge in [-0.1, -0.05) is 12.1 Å². The fraction of sp³-hybridized carbons (Fsp3) is 0.500. The Hall–Kier alpha value is -0.980. The maximum atomic E-state index is 13.2. The van der Waals surface area contributed by atoms with E-state index in [0.717, 1.165) is 0 Å². The maximum Gasteiger partial charge on any atom is 0.151 e. The predicted octanol–water partition coefficient (Wildman–Crippen LogP) is 0.240. The van der Waals surface area contributed by atoms with Crippen molar-refractivity contribution in [2.24, 2.45) is 16.9 Å². The number of sulfone groups is 1. The molecule has 0 radical (unpaired) electrons. The van der Waals surface area contributed by atoms with Gasteiger partial charge in [0, 0.05) is 30.7 Å². The molecule has 0 bridgehead atoms. The first kappa shape index (κ1) is 13.5. The summed E-state index contributed by atoms with van der Waals surface area (Å²) in [6.07, 6.45) is 1.18. The molecule has 100 valence electrons. The summed E-state index contributed by atoms with van der Waals surface area (Å²) in [6, 6.07) is 5.98. The molecule has 6 heteroatoms. The number of nitrogens with two attached hydrogens (primary N) is 2. The Morgan fingerprint density at radius 2 is 1.94 bits per heavy atom. The zero-order chi connectivity index (χ0) is 13.6. The van der Waals surface area contributed by atoms with Crippen molar-refractivity contribution >= 4 is 9.84 Å². The third kappa shape index (κ3) is 1.94. The van der Waals surface area contributed by atoms with Gasteiger partial charge in [-0.05, 0) is 17.7 Å². The summed E-state index contributed by atoms with van der Waals surface area (Å²) >= 11 is 0. The number of hydrogen-bond donors (Lipinski definition) is 2. The van der Waals surface area contributed by atoms with Gasteiger partial charge in [-0.3, -0.25) is 0 Å². The van der Waals surface area contributed by atoms with Crippen molar-refractivity contribution in [2.45, 2.75) is 11.2 Å². The molecule has 0 saturated heterocycles. The van der Waals surface area contributed by atoms with E-state index >= 15 is 0 Å². The van der Waals surface area contributed by atoms with Crippen LogP contribution in [0.15, 0.2) is 24.3 Å². The van der Waals surface area contributed by atoms with Crippen molar-refractivity contribution in [3.63, 3.8) is 0 Å². The lowest BCUT2D eigenvalue weighted by atomic mass is 9.99. The van der Waals surface area contributed by atoms with Crippen LogP contribution in [-0.4, -0.2) is 33.0 Å². The Kier molecular flexibility index (Phi) is 3.21. The Labute approximate surface area is 106 Å². The number of halogens is 1. The molecule has 0 amide bonds. The summed E-state index contributed by atoms with van der Waals surface area (Å²) in [5.74, 6) is -0.687. The molecule has 1 aromatic rings. The lowest BCUT2D eigenvalue weighted by Gasteiger charge is -2.12. The first-order valence-corrected chi connectivity index (χ1v) is 7.67. The van der Waals surface area contributed by atoms with E-state index < -0.39 is 20.5 Å². The molecule has 0 heterocycles. The van der Waals surface area contributed by atoms with Gasteiger partial charge in [0.2, 0.25) is 0 Å². The van der Waals surface area contributed by atoms with Crippen molar-refractivity contribution in [3.8, 4) is 0 Å². The Morgan fingerprint density at radius 1 is 1.33 bits per heavy atom. The van der Waals surface area contributed by atoms with E-state index in [1.54, 1.807) is 12.1 Å². The van der Waals surface area contributed by atoms with Crippen LogP contribution in [0.3, 0.4) is 0 Å². The van der Waals surface area contributed by atoms with Gasteiger partial charge in [-0.25, -0.2) is 12.8 Å². The van der Waals surface area contributed by atoms with Gasteiger partial charge in [0.15, 0.2) is 9.84 Å². The van der Waals surface area contributed by atoms with Crippen LogP contribution >= 0.6 is 0 Å². The molecule has 1 aliphatic rings. The third-order valence-corrected chi connectivity index (χ3v) is 5.47. The van der Waals surface area contributed by atoms with Crippen LogP contribution in [0, 0.1) is 11.2 Å². The summed E-state index contributed by atoms with van der Waals surface area (Å²) in [5, 5.41) is -0.609. The molecule has 4 N–H and O–H groups in total. The van der Waals surface area contributed by atoms with E-state index in [1.807, 2.05) is 0 Å². The second-order valence-corrected chi connectivity index (χ2v) is 7.09. The van der Waals surface area contributed by atoms with Gasteiger partial charge in [0.25, 0.3) is 0 Å². The van der Waals surface area contributed by atoms with Crippen molar-refractivity contribution in [1.29, 1.82) is 0 Å². The van der Waals surface area contributed by atoms with E-state index in [0.29, 0.717) is 5.56 Å². The highest BCUT2D eigenvalue weighted by molar-refractivity contribution is 7.91. The van der Waals surface area contributed by atoms with Gasteiger partial charge in [-0.15, -0.1) is 0 Å². The summed E-state index contributed by atoms with van der Waals surface area (Å²) < 4.78 is 36.8. The Balaban J connectivity index is 2.45. The van der Waals surface area contributed by atoms with Crippen LogP contribution in [0.1, 0.15) is 11.5 Å². The highest BCUT2D eigenvalue weighted by Crippen LogP contribution is 2.61. The lowest BCUT2D eigenvalue weighted by molar-refractivity contribution is 0.510. The molecule has 1 saturated carbocycles. The first-order chi connectivity index (χ1) is 8.36. The number of rotatable bonds is 4. The van der Waals surface area contributed by atoms with E-state index in [-0.39, 0.29) is 24.8 Å². The average Bonchev–Trinajstić information content (AvgIpc) is 2.98. The van der Waals surface area contributed by atoms with Crippen molar-refractivity contribution in [1.82, 2.24) is 0 Å². The van der Waals surface area contributed by atoms with Gasteiger partial charge in [0.1, 0.15) is 5.82 Å². The van der Waals surface area contributed by atoms with Gasteiger partial charge in [-0.2, -0.15) is 0 Å². The standard InChI is InChI=1S/C12H17FN2O2S/c1-18(16,17)11-10(12(11,6-14)7-15)8-3-2-4-9(13)5-8/h2-5,10-11H,6-7,14-15H2,1H3/t10-,11-/m0/s1. The van der Waals surface area contributed by atoms with E-state index in [4.69, 9.17) is 11.5 Å².